The molecule has 0 aliphatic carbocycles. The van der Waals surface area contributed by atoms with Gasteiger partial charge in [-0.15, -0.1) is 5.10 Å². The summed E-state index contributed by atoms with van der Waals surface area (Å²) in [5, 5.41) is 11.7. The van der Waals surface area contributed by atoms with E-state index in [0.717, 1.165) is 11.1 Å². The average Bonchev–Trinajstić information content (AvgIpc) is 2.93. The molecule has 2 N–H and O–H groups in total. The molecule has 0 unspecified atom stereocenters. The fourth-order valence-corrected chi connectivity index (χ4v) is 2.27. The van der Waals surface area contributed by atoms with Crippen LogP contribution in [0.15, 0.2) is 40.9 Å². The maximum Gasteiger partial charge on any atom is 0.187 e. The Kier molecular flexibility index (Phi) is 3.42. The third-order valence-electron chi connectivity index (χ3n) is 3.12. The first kappa shape index (κ1) is 13.7. The molecule has 0 atom stereocenters. The van der Waals surface area contributed by atoms with Crippen molar-refractivity contribution in [3.05, 3.63) is 52.3 Å². The highest BCUT2D eigenvalue weighted by Gasteiger charge is 2.14. The predicted octanol–water partition coefficient (Wildman–Crippen LogP) is 3.12. The second-order valence-electron chi connectivity index (χ2n) is 4.59. The van der Waals surface area contributed by atoms with Gasteiger partial charge in [-0.25, -0.2) is 4.39 Å². The van der Waals surface area contributed by atoms with Crippen LogP contribution in [0.25, 0.3) is 17.1 Å². The number of nitrogen functional groups attached to an aromatic ring is 1. The zero-order valence-corrected chi connectivity index (χ0v) is 12.7. The maximum absolute atomic E-state index is 13.7. The molecule has 106 valence electrons. The molecule has 0 saturated heterocycles. The number of aryl methyl sites for hydroxylation is 1. The number of rotatable bonds is 2. The topological polar surface area (TPSA) is 69.6 Å². The maximum atomic E-state index is 13.7. The number of benzene rings is 2. The molecule has 0 radical (unpaired) electrons. The third kappa shape index (κ3) is 2.52. The quantitative estimate of drug-likeness (QED) is 0.723. The summed E-state index contributed by atoms with van der Waals surface area (Å²) in [6.07, 6.45) is 0. The first-order valence-electron chi connectivity index (χ1n) is 6.16. The molecule has 7 heteroatoms. The van der Waals surface area contributed by atoms with Gasteiger partial charge in [0.25, 0.3) is 0 Å². The highest BCUT2D eigenvalue weighted by atomic mass is 79.9. The van der Waals surface area contributed by atoms with Gasteiger partial charge in [0.05, 0.1) is 10.2 Å². The smallest absolute Gasteiger partial charge is 0.187 e. The van der Waals surface area contributed by atoms with Crippen molar-refractivity contribution in [1.82, 2.24) is 20.2 Å². The molecule has 0 fully saturated rings. The van der Waals surface area contributed by atoms with E-state index in [0.29, 0.717) is 21.7 Å². The molecule has 21 heavy (non-hydrogen) atoms. The van der Waals surface area contributed by atoms with Crippen molar-refractivity contribution < 1.29 is 4.39 Å². The van der Waals surface area contributed by atoms with Gasteiger partial charge in [0.1, 0.15) is 5.82 Å². The molecule has 0 amide bonds. The van der Waals surface area contributed by atoms with Gasteiger partial charge < -0.3 is 5.73 Å². The molecule has 1 aromatic heterocycles. The van der Waals surface area contributed by atoms with Crippen LogP contribution < -0.4 is 5.73 Å². The highest BCUT2D eigenvalue weighted by molar-refractivity contribution is 9.10. The van der Waals surface area contributed by atoms with E-state index in [1.165, 1.54) is 10.7 Å². The Morgan fingerprint density at radius 1 is 1.19 bits per heavy atom. The van der Waals surface area contributed by atoms with Crippen molar-refractivity contribution in [1.29, 1.82) is 0 Å². The predicted molar refractivity (Wildman–Crippen MR) is 81.4 cm³/mol. The lowest BCUT2D eigenvalue weighted by Crippen LogP contribution is -2.02. The number of halogens is 2. The molecule has 3 rings (SSSR count). The zero-order chi connectivity index (χ0) is 15.0. The standard InChI is InChI=1S/C14H11BrFN5/c1-8-2-3-9(17)6-11(8)14-18-19-20-21(14)10-4-5-12(15)13(16)7-10/h2-7H,17H2,1H3. The average molecular weight is 348 g/mol. The Hall–Kier alpha value is -2.28. The number of tetrazole rings is 1. The van der Waals surface area contributed by atoms with Crippen LogP contribution in [0.5, 0.6) is 0 Å². The van der Waals surface area contributed by atoms with Crippen LogP contribution in [0.3, 0.4) is 0 Å². The lowest BCUT2D eigenvalue weighted by atomic mass is 10.1. The minimum atomic E-state index is -0.377. The monoisotopic (exact) mass is 347 g/mol. The van der Waals surface area contributed by atoms with Gasteiger partial charge in [-0.1, -0.05) is 6.07 Å². The molecule has 0 spiro atoms. The van der Waals surface area contributed by atoms with E-state index in [1.807, 2.05) is 19.1 Å². The minimum Gasteiger partial charge on any atom is -0.399 e. The lowest BCUT2D eigenvalue weighted by molar-refractivity contribution is 0.618. The van der Waals surface area contributed by atoms with Crippen molar-refractivity contribution in [3.8, 4) is 17.1 Å². The van der Waals surface area contributed by atoms with Crippen molar-refractivity contribution >= 4 is 21.6 Å². The Morgan fingerprint density at radius 3 is 2.76 bits per heavy atom. The fraction of sp³-hybridized carbons (Fsp3) is 0.0714. The van der Waals surface area contributed by atoms with Crippen molar-refractivity contribution in [3.63, 3.8) is 0 Å². The largest absolute Gasteiger partial charge is 0.399 e. The van der Waals surface area contributed by atoms with Gasteiger partial charge in [-0.2, -0.15) is 4.68 Å². The lowest BCUT2D eigenvalue weighted by Gasteiger charge is -2.08. The second kappa shape index (κ2) is 5.25. The van der Waals surface area contributed by atoms with Gasteiger partial charge >= 0.3 is 0 Å². The summed E-state index contributed by atoms with van der Waals surface area (Å²) in [6.45, 7) is 1.94. The van der Waals surface area contributed by atoms with E-state index < -0.39 is 0 Å². The summed E-state index contributed by atoms with van der Waals surface area (Å²) < 4.78 is 15.6. The zero-order valence-electron chi connectivity index (χ0n) is 11.1. The number of nitrogens with zero attached hydrogens (tertiary/aromatic N) is 4. The first-order chi connectivity index (χ1) is 10.1. The molecule has 5 nitrogen and oxygen atoms in total. The van der Waals surface area contributed by atoms with Gasteiger partial charge in [-0.3, -0.25) is 0 Å². The van der Waals surface area contributed by atoms with Gasteiger partial charge in [0.15, 0.2) is 5.82 Å². The third-order valence-corrected chi connectivity index (χ3v) is 3.76. The Labute approximate surface area is 128 Å². The molecular formula is C14H11BrFN5. The van der Waals surface area contributed by atoms with Crippen molar-refractivity contribution in [2.75, 3.05) is 5.73 Å². The van der Waals surface area contributed by atoms with E-state index in [9.17, 15) is 4.39 Å². The Balaban J connectivity index is 2.17. The Morgan fingerprint density at radius 2 is 2.00 bits per heavy atom. The van der Waals surface area contributed by atoms with Crippen molar-refractivity contribution in [2.24, 2.45) is 0 Å². The fourth-order valence-electron chi connectivity index (χ4n) is 2.03. The van der Waals surface area contributed by atoms with E-state index in [4.69, 9.17) is 5.73 Å². The van der Waals surface area contributed by atoms with Crippen LogP contribution >= 0.6 is 15.9 Å². The van der Waals surface area contributed by atoms with E-state index in [2.05, 4.69) is 31.5 Å². The number of aromatic nitrogens is 4. The summed E-state index contributed by atoms with van der Waals surface area (Å²) in [7, 11) is 0. The molecule has 3 aromatic rings. The summed E-state index contributed by atoms with van der Waals surface area (Å²) in [5.74, 6) is 0.139. The van der Waals surface area contributed by atoms with E-state index >= 15 is 0 Å². The van der Waals surface area contributed by atoms with E-state index in [1.54, 1.807) is 18.2 Å². The molecule has 0 aliphatic rings. The van der Waals surface area contributed by atoms with E-state index in [-0.39, 0.29) is 5.82 Å². The van der Waals surface area contributed by atoms with Crippen LogP contribution in [0.1, 0.15) is 5.56 Å². The van der Waals surface area contributed by atoms with Crippen LogP contribution in [0, 0.1) is 12.7 Å². The van der Waals surface area contributed by atoms with Crippen LogP contribution in [-0.2, 0) is 0 Å². The summed E-state index contributed by atoms with van der Waals surface area (Å²) in [6, 6.07) is 10.2. The summed E-state index contributed by atoms with van der Waals surface area (Å²) in [5.41, 5.74) is 8.77. The number of hydrogen-bond donors (Lipinski definition) is 1. The van der Waals surface area contributed by atoms with Crippen molar-refractivity contribution in [2.45, 2.75) is 6.92 Å². The molecule has 1 heterocycles. The first-order valence-corrected chi connectivity index (χ1v) is 6.96. The van der Waals surface area contributed by atoms with Crippen LogP contribution in [-0.4, -0.2) is 20.2 Å². The van der Waals surface area contributed by atoms with Gasteiger partial charge in [0.2, 0.25) is 0 Å². The summed E-state index contributed by atoms with van der Waals surface area (Å²) >= 11 is 3.12. The number of hydrogen-bond acceptors (Lipinski definition) is 4. The van der Waals surface area contributed by atoms with Crippen LogP contribution in [0.4, 0.5) is 10.1 Å². The molecule has 0 bridgehead atoms. The minimum absolute atomic E-state index is 0.377. The normalized spacial score (nSPS) is 10.8. The molecule has 2 aromatic carbocycles. The molecular weight excluding hydrogens is 337 g/mol. The van der Waals surface area contributed by atoms with Gasteiger partial charge in [-0.05, 0) is 63.1 Å². The van der Waals surface area contributed by atoms with Gasteiger partial charge in [0, 0.05) is 17.3 Å². The second-order valence-corrected chi connectivity index (χ2v) is 5.44. The summed E-state index contributed by atoms with van der Waals surface area (Å²) in [4.78, 5) is 0. The SMILES string of the molecule is Cc1ccc(N)cc1-c1nnnn1-c1ccc(Br)c(F)c1. The Bertz CT molecular complexity index is 815. The highest BCUT2D eigenvalue weighted by Crippen LogP contribution is 2.26. The molecule has 0 aliphatic heterocycles. The number of anilines is 1. The van der Waals surface area contributed by atoms with Crippen LogP contribution in [0.2, 0.25) is 0 Å². The number of nitrogens with two attached hydrogens (primary N) is 1. The molecule has 0 saturated carbocycles.